The van der Waals surface area contributed by atoms with Crippen LogP contribution in [0.4, 0.5) is 0 Å². The molecule has 2 nitrogen and oxygen atoms in total. The molecule has 98 valence electrons. The van der Waals surface area contributed by atoms with Crippen LogP contribution < -0.4 is 5.32 Å². The summed E-state index contributed by atoms with van der Waals surface area (Å²) in [7, 11) is 0. The van der Waals surface area contributed by atoms with Gasteiger partial charge in [-0.05, 0) is 37.2 Å². The molecule has 1 aromatic rings. The first-order chi connectivity index (χ1) is 8.65. The van der Waals surface area contributed by atoms with Crippen molar-refractivity contribution in [2.24, 2.45) is 11.8 Å². The highest BCUT2D eigenvalue weighted by atomic mass is 16.2. The van der Waals surface area contributed by atoms with E-state index in [0.29, 0.717) is 12.0 Å². The minimum absolute atomic E-state index is 0.241. The highest BCUT2D eigenvalue weighted by molar-refractivity contribution is 5.81. The third-order valence-electron chi connectivity index (χ3n) is 3.67. The lowest BCUT2D eigenvalue weighted by molar-refractivity contribution is -0.123. The number of benzene rings is 1. The Hall–Kier alpha value is -1.31. The lowest BCUT2D eigenvalue weighted by Crippen LogP contribution is -2.26. The molecule has 1 aliphatic heterocycles. The van der Waals surface area contributed by atoms with Crippen molar-refractivity contribution in [3.05, 3.63) is 35.9 Å². The monoisotopic (exact) mass is 245 g/mol. The van der Waals surface area contributed by atoms with Crippen molar-refractivity contribution in [3.8, 4) is 0 Å². The molecule has 1 unspecified atom stereocenters. The van der Waals surface area contributed by atoms with Gasteiger partial charge in [0, 0.05) is 12.0 Å². The molecule has 1 heterocycles. The maximum absolute atomic E-state index is 11.8. The molecule has 2 atom stereocenters. The summed E-state index contributed by atoms with van der Waals surface area (Å²) in [6.07, 6.45) is 4.15. The highest BCUT2D eigenvalue weighted by Gasteiger charge is 2.31. The summed E-state index contributed by atoms with van der Waals surface area (Å²) in [4.78, 5) is 11.8. The van der Waals surface area contributed by atoms with Crippen LogP contribution >= 0.6 is 0 Å². The average Bonchev–Trinajstić information content (AvgIpc) is 2.68. The second kappa shape index (κ2) is 6.03. The van der Waals surface area contributed by atoms with Gasteiger partial charge in [0.25, 0.3) is 0 Å². The fourth-order valence-electron chi connectivity index (χ4n) is 2.78. The minimum Gasteiger partial charge on any atom is -0.353 e. The number of nitrogens with one attached hydrogen (secondary N) is 1. The van der Waals surface area contributed by atoms with E-state index in [1.807, 2.05) is 6.07 Å². The average molecular weight is 245 g/mol. The molecule has 0 aromatic heterocycles. The van der Waals surface area contributed by atoms with Crippen LogP contribution in [0, 0.1) is 11.8 Å². The number of carbonyl (C=O) groups excluding carboxylic acids is 1. The number of rotatable bonds is 5. The normalized spacial score (nSPS) is 23.4. The van der Waals surface area contributed by atoms with Gasteiger partial charge in [-0.1, -0.05) is 44.2 Å². The smallest absolute Gasteiger partial charge is 0.223 e. The van der Waals surface area contributed by atoms with Crippen LogP contribution in [-0.4, -0.2) is 11.9 Å². The van der Waals surface area contributed by atoms with Crippen molar-refractivity contribution in [1.29, 1.82) is 0 Å². The molecule has 2 heteroatoms. The Balaban J connectivity index is 1.80. The molecule has 2 rings (SSSR count). The molecular formula is C16H23NO. The second-order valence-corrected chi connectivity index (χ2v) is 5.79. The Morgan fingerprint density at radius 1 is 1.28 bits per heavy atom. The number of hydrogen-bond acceptors (Lipinski definition) is 1. The van der Waals surface area contributed by atoms with E-state index in [9.17, 15) is 4.79 Å². The van der Waals surface area contributed by atoms with E-state index in [0.717, 1.165) is 25.7 Å². The van der Waals surface area contributed by atoms with Gasteiger partial charge in [0.05, 0.1) is 0 Å². The number of carbonyl (C=O) groups is 1. The van der Waals surface area contributed by atoms with E-state index in [2.05, 4.69) is 43.4 Å². The third-order valence-corrected chi connectivity index (χ3v) is 3.67. The molecule has 0 radical (unpaired) electrons. The van der Waals surface area contributed by atoms with Crippen LogP contribution in [0.15, 0.2) is 30.3 Å². The first kappa shape index (κ1) is 13.1. The van der Waals surface area contributed by atoms with Crippen LogP contribution in [0.5, 0.6) is 0 Å². The fraction of sp³-hybridized carbons (Fsp3) is 0.562. The summed E-state index contributed by atoms with van der Waals surface area (Å²) in [5.41, 5.74) is 1.36. The van der Waals surface area contributed by atoms with E-state index < -0.39 is 0 Å². The van der Waals surface area contributed by atoms with E-state index >= 15 is 0 Å². The van der Waals surface area contributed by atoms with Crippen LogP contribution in [0.2, 0.25) is 0 Å². The fourth-order valence-corrected chi connectivity index (χ4v) is 2.78. The van der Waals surface area contributed by atoms with Crippen molar-refractivity contribution in [1.82, 2.24) is 5.32 Å². The van der Waals surface area contributed by atoms with Gasteiger partial charge >= 0.3 is 0 Å². The zero-order chi connectivity index (χ0) is 13.0. The summed E-state index contributed by atoms with van der Waals surface area (Å²) in [5.74, 6) is 1.11. The van der Waals surface area contributed by atoms with Gasteiger partial charge in [0.2, 0.25) is 5.91 Å². The van der Waals surface area contributed by atoms with E-state index in [1.54, 1.807) is 0 Å². The summed E-state index contributed by atoms with van der Waals surface area (Å²) >= 11 is 0. The summed E-state index contributed by atoms with van der Waals surface area (Å²) in [6.45, 7) is 4.37. The molecule has 1 aromatic carbocycles. The molecular weight excluding hydrogens is 222 g/mol. The Morgan fingerprint density at radius 2 is 2.00 bits per heavy atom. The quantitative estimate of drug-likeness (QED) is 0.848. The summed E-state index contributed by atoms with van der Waals surface area (Å²) in [6, 6.07) is 10.9. The van der Waals surface area contributed by atoms with E-state index in [4.69, 9.17) is 0 Å². The maximum atomic E-state index is 11.8. The third kappa shape index (κ3) is 3.59. The van der Waals surface area contributed by atoms with Crippen LogP contribution in [0.1, 0.15) is 38.7 Å². The first-order valence-corrected chi connectivity index (χ1v) is 6.99. The van der Waals surface area contributed by atoms with Crippen molar-refractivity contribution < 1.29 is 4.79 Å². The molecule has 0 spiro atoms. The van der Waals surface area contributed by atoms with Gasteiger partial charge in [-0.3, -0.25) is 4.79 Å². The minimum atomic E-state index is 0.241. The Labute approximate surface area is 110 Å². The topological polar surface area (TPSA) is 29.1 Å². The zero-order valence-electron chi connectivity index (χ0n) is 11.4. The summed E-state index contributed by atoms with van der Waals surface area (Å²) in [5, 5.41) is 3.14. The molecule has 1 aliphatic rings. The first-order valence-electron chi connectivity index (χ1n) is 6.99. The van der Waals surface area contributed by atoms with Crippen LogP contribution in [-0.2, 0) is 11.2 Å². The molecule has 1 fully saturated rings. The van der Waals surface area contributed by atoms with Crippen molar-refractivity contribution >= 4 is 5.91 Å². The highest BCUT2D eigenvalue weighted by Crippen LogP contribution is 2.25. The molecule has 18 heavy (non-hydrogen) atoms. The van der Waals surface area contributed by atoms with E-state index in [-0.39, 0.29) is 11.8 Å². The van der Waals surface area contributed by atoms with Crippen molar-refractivity contribution in [2.75, 3.05) is 0 Å². The predicted octanol–water partition coefficient (Wildman–Crippen LogP) is 3.17. The molecule has 1 N–H and O–H groups in total. The summed E-state index contributed by atoms with van der Waals surface area (Å²) < 4.78 is 0. The van der Waals surface area contributed by atoms with Gasteiger partial charge in [0.15, 0.2) is 0 Å². The number of aryl methyl sites for hydroxylation is 1. The number of amides is 1. The molecule has 1 amide bonds. The van der Waals surface area contributed by atoms with Crippen LogP contribution in [0.25, 0.3) is 0 Å². The van der Waals surface area contributed by atoms with Gasteiger partial charge in [-0.2, -0.15) is 0 Å². The largest absolute Gasteiger partial charge is 0.353 e. The number of hydrogen-bond donors (Lipinski definition) is 1. The van der Waals surface area contributed by atoms with Crippen molar-refractivity contribution in [3.63, 3.8) is 0 Å². The van der Waals surface area contributed by atoms with Crippen molar-refractivity contribution in [2.45, 2.75) is 45.6 Å². The molecule has 1 saturated heterocycles. The Kier molecular flexibility index (Phi) is 4.40. The second-order valence-electron chi connectivity index (χ2n) is 5.79. The van der Waals surface area contributed by atoms with Gasteiger partial charge in [0.1, 0.15) is 0 Å². The lowest BCUT2D eigenvalue weighted by Gasteiger charge is -2.10. The SMILES string of the molecule is CC(C)CC1C[C@H](CCc2ccccc2)NC1=O. The standard InChI is InChI=1S/C16H23NO/c1-12(2)10-14-11-15(17-16(14)18)9-8-13-6-4-3-5-7-13/h3-7,12,14-15H,8-11H2,1-2H3,(H,17,18)/t14?,15-/m0/s1. The van der Waals surface area contributed by atoms with Gasteiger partial charge in [-0.25, -0.2) is 0 Å². The Bertz CT molecular complexity index is 385. The zero-order valence-corrected chi connectivity index (χ0v) is 11.4. The van der Waals surface area contributed by atoms with Crippen LogP contribution in [0.3, 0.4) is 0 Å². The molecule has 0 bridgehead atoms. The predicted molar refractivity (Wildman–Crippen MR) is 74.3 cm³/mol. The molecule has 0 saturated carbocycles. The Morgan fingerprint density at radius 3 is 2.67 bits per heavy atom. The van der Waals surface area contributed by atoms with Gasteiger partial charge < -0.3 is 5.32 Å². The molecule has 0 aliphatic carbocycles. The van der Waals surface area contributed by atoms with E-state index in [1.165, 1.54) is 5.56 Å². The lowest BCUT2D eigenvalue weighted by atomic mass is 9.93. The maximum Gasteiger partial charge on any atom is 0.223 e. The van der Waals surface area contributed by atoms with Gasteiger partial charge in [-0.15, -0.1) is 0 Å².